The van der Waals surface area contributed by atoms with Gasteiger partial charge < -0.3 is 19.3 Å². The summed E-state index contributed by atoms with van der Waals surface area (Å²) < 4.78 is 16.2. The van der Waals surface area contributed by atoms with Gasteiger partial charge in [0.1, 0.15) is 12.4 Å². The van der Waals surface area contributed by atoms with E-state index in [2.05, 4.69) is 0 Å². The second-order valence-corrected chi connectivity index (χ2v) is 7.74. The minimum atomic E-state index is -0.945. The highest BCUT2D eigenvalue weighted by atomic mass is 16.6. The van der Waals surface area contributed by atoms with Gasteiger partial charge in [-0.1, -0.05) is 24.3 Å². The number of aliphatic carboxylic acids is 1. The van der Waals surface area contributed by atoms with Gasteiger partial charge in [-0.15, -0.1) is 0 Å². The Hall–Kier alpha value is -3.06. The Morgan fingerprint density at radius 1 is 0.935 bits per heavy atom. The average molecular weight is 427 g/mol. The van der Waals surface area contributed by atoms with Gasteiger partial charge in [-0.25, -0.2) is 14.5 Å². The maximum atomic E-state index is 13.0. The molecular weight excluding hydrogens is 398 g/mol. The topological polar surface area (TPSA) is 85.3 Å². The van der Waals surface area contributed by atoms with E-state index in [9.17, 15) is 9.59 Å². The van der Waals surface area contributed by atoms with E-state index in [1.54, 1.807) is 18.1 Å². The third kappa shape index (κ3) is 6.72. The number of nitrogens with zero attached hydrogens (tertiary/aromatic N) is 1. The van der Waals surface area contributed by atoms with Crippen molar-refractivity contribution in [1.29, 1.82) is 0 Å². The van der Waals surface area contributed by atoms with E-state index in [1.165, 1.54) is 0 Å². The summed E-state index contributed by atoms with van der Waals surface area (Å²) in [6.45, 7) is 0.572. The number of amides is 1. The minimum Gasteiger partial charge on any atom is -0.497 e. The highest BCUT2D eigenvalue weighted by Crippen LogP contribution is 2.31. The molecule has 0 unspecified atom stereocenters. The number of carboxylic acids is 1. The van der Waals surface area contributed by atoms with Crippen LogP contribution in [0.15, 0.2) is 54.6 Å². The zero-order valence-electron chi connectivity index (χ0n) is 17.7. The van der Waals surface area contributed by atoms with Gasteiger partial charge in [0.25, 0.3) is 0 Å². The van der Waals surface area contributed by atoms with Crippen LogP contribution in [-0.2, 0) is 14.3 Å². The second-order valence-electron chi connectivity index (χ2n) is 7.74. The van der Waals surface area contributed by atoms with Gasteiger partial charge in [0.05, 0.1) is 31.7 Å². The quantitative estimate of drug-likeness (QED) is 0.614. The van der Waals surface area contributed by atoms with Gasteiger partial charge in [0, 0.05) is 6.07 Å². The lowest BCUT2D eigenvalue weighted by molar-refractivity contribution is -0.142. The number of carboxylic acid groups (broad SMARTS) is 1. The first kappa shape index (κ1) is 22.6. The van der Waals surface area contributed by atoms with Gasteiger partial charge in [0.2, 0.25) is 0 Å². The monoisotopic (exact) mass is 427 g/mol. The molecule has 0 aliphatic heterocycles. The minimum absolute atomic E-state index is 0.253. The van der Waals surface area contributed by atoms with Crippen molar-refractivity contribution in [1.82, 2.24) is 0 Å². The van der Waals surface area contributed by atoms with Crippen LogP contribution in [-0.4, -0.2) is 44.1 Å². The van der Waals surface area contributed by atoms with Crippen LogP contribution in [0.2, 0.25) is 0 Å². The van der Waals surface area contributed by atoms with Gasteiger partial charge in [0.15, 0.2) is 0 Å². The van der Waals surface area contributed by atoms with Gasteiger partial charge in [-0.05, 0) is 61.8 Å². The Kier molecular flexibility index (Phi) is 8.29. The average Bonchev–Trinajstić information content (AvgIpc) is 2.79. The molecule has 0 heterocycles. The number of methoxy groups -OCH3 is 1. The van der Waals surface area contributed by atoms with Crippen LogP contribution in [0, 0.1) is 11.8 Å². The van der Waals surface area contributed by atoms with Crippen molar-refractivity contribution in [2.75, 3.05) is 31.8 Å². The molecule has 0 saturated heterocycles. The molecule has 2 aromatic carbocycles. The van der Waals surface area contributed by atoms with Gasteiger partial charge >= 0.3 is 12.1 Å². The zero-order chi connectivity index (χ0) is 22.1. The molecule has 1 saturated carbocycles. The predicted octanol–water partition coefficient (Wildman–Crippen LogP) is 4.88. The van der Waals surface area contributed by atoms with Crippen LogP contribution in [0.1, 0.15) is 25.7 Å². The molecule has 1 aliphatic carbocycles. The molecule has 0 bridgehead atoms. The first-order valence-corrected chi connectivity index (χ1v) is 10.5. The van der Waals surface area contributed by atoms with Crippen LogP contribution in [0.3, 0.4) is 0 Å². The highest BCUT2D eigenvalue weighted by Gasteiger charge is 2.25. The summed E-state index contributed by atoms with van der Waals surface area (Å²) in [5.74, 6) is 0.376. The Balaban J connectivity index is 1.57. The number of para-hydroxylation sites is 1. The molecule has 3 rings (SSSR count). The molecule has 2 aromatic rings. The fraction of sp³-hybridized carbons (Fsp3) is 0.417. The first-order chi connectivity index (χ1) is 15.1. The van der Waals surface area contributed by atoms with E-state index in [1.807, 2.05) is 48.5 Å². The molecular formula is C24H29NO6. The summed E-state index contributed by atoms with van der Waals surface area (Å²) in [6.07, 6.45) is 3.32. The van der Waals surface area contributed by atoms with Crippen molar-refractivity contribution < 1.29 is 28.9 Å². The van der Waals surface area contributed by atoms with Crippen molar-refractivity contribution in [3.05, 3.63) is 54.6 Å². The number of hydrogen-bond donors (Lipinski definition) is 1. The molecule has 7 heteroatoms. The second kappa shape index (κ2) is 11.4. The molecule has 0 spiro atoms. The summed E-state index contributed by atoms with van der Waals surface area (Å²) in [4.78, 5) is 25.1. The summed E-state index contributed by atoms with van der Waals surface area (Å²) >= 11 is 0. The molecule has 1 aliphatic rings. The third-order valence-electron chi connectivity index (χ3n) is 5.50. The molecule has 1 amide bonds. The third-order valence-corrected chi connectivity index (χ3v) is 5.50. The van der Waals surface area contributed by atoms with Crippen molar-refractivity contribution in [2.24, 2.45) is 11.8 Å². The lowest BCUT2D eigenvalue weighted by Crippen LogP contribution is -2.30. The maximum Gasteiger partial charge on any atom is 0.418 e. The van der Waals surface area contributed by atoms with Crippen molar-refractivity contribution in [3.63, 3.8) is 0 Å². The largest absolute Gasteiger partial charge is 0.497 e. The van der Waals surface area contributed by atoms with E-state index in [0.717, 1.165) is 31.4 Å². The number of carbonyl (C=O) groups excluding carboxylic acids is 1. The SMILES string of the molecule is COc1cccc(N(C(=O)OC[C@H]2CC[C@@H](COCC(=O)O)CC2)c2ccccc2)c1. The number of ether oxygens (including phenoxy) is 3. The molecule has 0 aromatic heterocycles. The predicted molar refractivity (Wildman–Crippen MR) is 117 cm³/mol. The standard InChI is InChI=1S/C24H29NO6/c1-29-22-9-5-8-21(14-22)25(20-6-3-2-4-7-20)24(28)31-16-19-12-10-18(11-13-19)15-30-17-23(26)27/h2-9,14,18-19H,10-13,15-17H2,1H3,(H,26,27)/t18-,19+. The fourth-order valence-electron chi connectivity index (χ4n) is 3.82. The maximum absolute atomic E-state index is 13.0. The Labute approximate surface area is 182 Å². The Morgan fingerprint density at radius 3 is 2.23 bits per heavy atom. The lowest BCUT2D eigenvalue weighted by atomic mass is 9.83. The van der Waals surface area contributed by atoms with Gasteiger partial charge in [-0.3, -0.25) is 0 Å². The molecule has 7 nitrogen and oxygen atoms in total. The van der Waals surface area contributed by atoms with Crippen molar-refractivity contribution in [2.45, 2.75) is 25.7 Å². The molecule has 1 fully saturated rings. The fourth-order valence-corrected chi connectivity index (χ4v) is 3.82. The van der Waals surface area contributed by atoms with E-state index in [0.29, 0.717) is 36.5 Å². The number of carbonyl (C=O) groups is 2. The van der Waals surface area contributed by atoms with Gasteiger partial charge in [-0.2, -0.15) is 0 Å². The van der Waals surface area contributed by atoms with E-state index in [-0.39, 0.29) is 6.61 Å². The van der Waals surface area contributed by atoms with Crippen LogP contribution in [0.4, 0.5) is 16.2 Å². The number of rotatable bonds is 9. The summed E-state index contributed by atoms with van der Waals surface area (Å²) in [6, 6.07) is 16.7. The van der Waals surface area contributed by atoms with E-state index in [4.69, 9.17) is 19.3 Å². The van der Waals surface area contributed by atoms with Crippen LogP contribution >= 0.6 is 0 Å². The number of benzene rings is 2. The molecule has 1 N–H and O–H groups in total. The Bertz CT molecular complexity index is 848. The summed E-state index contributed by atoms with van der Waals surface area (Å²) in [5.41, 5.74) is 1.40. The number of anilines is 2. The summed E-state index contributed by atoms with van der Waals surface area (Å²) in [5, 5.41) is 8.66. The zero-order valence-corrected chi connectivity index (χ0v) is 17.7. The van der Waals surface area contributed by atoms with E-state index < -0.39 is 12.1 Å². The van der Waals surface area contributed by atoms with Crippen molar-refractivity contribution in [3.8, 4) is 5.75 Å². The first-order valence-electron chi connectivity index (χ1n) is 10.5. The molecule has 0 atom stereocenters. The molecule has 166 valence electrons. The van der Waals surface area contributed by atoms with Crippen LogP contribution in [0.5, 0.6) is 5.75 Å². The number of hydrogen-bond acceptors (Lipinski definition) is 5. The smallest absolute Gasteiger partial charge is 0.418 e. The Morgan fingerprint density at radius 2 is 1.58 bits per heavy atom. The summed E-state index contributed by atoms with van der Waals surface area (Å²) in [7, 11) is 1.59. The highest BCUT2D eigenvalue weighted by molar-refractivity contribution is 5.96. The van der Waals surface area contributed by atoms with Crippen molar-refractivity contribution >= 4 is 23.4 Å². The molecule has 31 heavy (non-hydrogen) atoms. The lowest BCUT2D eigenvalue weighted by Gasteiger charge is -2.29. The normalized spacial score (nSPS) is 18.2. The molecule has 0 radical (unpaired) electrons. The van der Waals surface area contributed by atoms with E-state index >= 15 is 0 Å². The van der Waals surface area contributed by atoms with Crippen LogP contribution < -0.4 is 9.64 Å². The van der Waals surface area contributed by atoms with Crippen LogP contribution in [0.25, 0.3) is 0 Å².